The van der Waals surface area contributed by atoms with Crippen LogP contribution >= 0.6 is 11.6 Å². The van der Waals surface area contributed by atoms with Crippen molar-refractivity contribution in [2.75, 3.05) is 26.3 Å². The van der Waals surface area contributed by atoms with Gasteiger partial charge in [0, 0.05) is 13.1 Å². The third-order valence-corrected chi connectivity index (χ3v) is 3.54. The van der Waals surface area contributed by atoms with Crippen molar-refractivity contribution in [1.29, 1.82) is 0 Å². The number of nitrogens with zero attached hydrogens (tertiary/aromatic N) is 1. The number of aliphatic hydroxyl groups excluding tert-OH is 1. The molecule has 5 nitrogen and oxygen atoms in total. The molecule has 1 fully saturated rings. The Kier molecular flexibility index (Phi) is 5.08. The number of amides is 1. The lowest BCUT2D eigenvalue weighted by molar-refractivity contribution is -0.168. The molecule has 0 radical (unpaired) electrons. The number of para-hydroxylation sites is 1. The molecule has 0 saturated carbocycles. The molecule has 1 aliphatic rings. The van der Waals surface area contributed by atoms with Gasteiger partial charge in [0.1, 0.15) is 5.75 Å². The summed E-state index contributed by atoms with van der Waals surface area (Å²) in [6.45, 7) is 4.42. The Morgan fingerprint density at radius 1 is 1.52 bits per heavy atom. The summed E-state index contributed by atoms with van der Waals surface area (Å²) in [6.07, 6.45) is -0.363. The minimum atomic E-state index is -0.480. The molecule has 1 aromatic rings. The molecule has 0 aromatic heterocycles. The Hall–Kier alpha value is -1.30. The lowest BCUT2D eigenvalue weighted by Gasteiger charge is -2.42. The van der Waals surface area contributed by atoms with Crippen LogP contribution in [0.3, 0.4) is 0 Å². The summed E-state index contributed by atoms with van der Waals surface area (Å²) >= 11 is 5.98. The Balaban J connectivity index is 1.95. The van der Waals surface area contributed by atoms with E-state index in [-0.39, 0.29) is 25.2 Å². The quantitative estimate of drug-likeness (QED) is 0.919. The molecule has 0 aliphatic carbocycles. The van der Waals surface area contributed by atoms with E-state index in [0.717, 1.165) is 0 Å². The molecule has 2 rings (SSSR count). The van der Waals surface area contributed by atoms with Crippen LogP contribution in [0.5, 0.6) is 5.75 Å². The minimum Gasteiger partial charge on any atom is -0.482 e. The summed E-state index contributed by atoms with van der Waals surface area (Å²) in [7, 11) is 0. The molecule has 6 heteroatoms. The van der Waals surface area contributed by atoms with Crippen LogP contribution in [0.2, 0.25) is 5.02 Å². The first-order valence-corrected chi connectivity index (χ1v) is 7.23. The molecule has 1 atom stereocenters. The number of ether oxygens (including phenoxy) is 2. The van der Waals surface area contributed by atoms with Gasteiger partial charge in [-0.2, -0.15) is 0 Å². The second-order valence-electron chi connectivity index (χ2n) is 5.68. The van der Waals surface area contributed by atoms with Crippen molar-refractivity contribution in [3.05, 3.63) is 29.3 Å². The molecule has 1 heterocycles. The van der Waals surface area contributed by atoms with Gasteiger partial charge >= 0.3 is 0 Å². The summed E-state index contributed by atoms with van der Waals surface area (Å²) in [5.41, 5.74) is -0.480. The largest absolute Gasteiger partial charge is 0.482 e. The van der Waals surface area contributed by atoms with Crippen molar-refractivity contribution in [3.63, 3.8) is 0 Å². The van der Waals surface area contributed by atoms with E-state index in [0.29, 0.717) is 23.9 Å². The minimum absolute atomic E-state index is 0.0854. The summed E-state index contributed by atoms with van der Waals surface area (Å²) in [4.78, 5) is 13.9. The average molecular weight is 314 g/mol. The first-order valence-electron chi connectivity index (χ1n) is 6.85. The smallest absolute Gasteiger partial charge is 0.260 e. The van der Waals surface area contributed by atoms with Crippen LogP contribution in [0.1, 0.15) is 13.8 Å². The fourth-order valence-corrected chi connectivity index (χ4v) is 2.56. The predicted molar refractivity (Wildman–Crippen MR) is 79.6 cm³/mol. The third kappa shape index (κ3) is 4.33. The van der Waals surface area contributed by atoms with Crippen molar-refractivity contribution in [3.8, 4) is 5.75 Å². The number of benzene rings is 1. The van der Waals surface area contributed by atoms with Crippen LogP contribution in [0.25, 0.3) is 0 Å². The molecule has 0 bridgehead atoms. The fraction of sp³-hybridized carbons (Fsp3) is 0.533. The van der Waals surface area contributed by atoms with Crippen LogP contribution in [-0.4, -0.2) is 53.9 Å². The number of carbonyl (C=O) groups is 1. The number of rotatable bonds is 4. The van der Waals surface area contributed by atoms with Gasteiger partial charge in [0.15, 0.2) is 6.61 Å². The second kappa shape index (κ2) is 6.64. The molecule has 1 N–H and O–H groups in total. The molecule has 1 saturated heterocycles. The molecular formula is C15H20ClNO4. The van der Waals surface area contributed by atoms with Gasteiger partial charge in [-0.1, -0.05) is 23.7 Å². The molecule has 1 amide bonds. The Morgan fingerprint density at radius 3 is 2.90 bits per heavy atom. The lowest BCUT2D eigenvalue weighted by atomic mass is 10.1. The first kappa shape index (κ1) is 16.1. The summed E-state index contributed by atoms with van der Waals surface area (Å²) < 4.78 is 11.1. The Labute approximate surface area is 129 Å². The van der Waals surface area contributed by atoms with Crippen molar-refractivity contribution in [2.24, 2.45) is 0 Å². The Bertz CT molecular complexity index is 506. The zero-order chi connectivity index (χ0) is 15.5. The van der Waals surface area contributed by atoms with E-state index in [1.165, 1.54) is 0 Å². The average Bonchev–Trinajstić information content (AvgIpc) is 2.44. The van der Waals surface area contributed by atoms with Gasteiger partial charge in [0.25, 0.3) is 5.91 Å². The van der Waals surface area contributed by atoms with Crippen LogP contribution in [0.4, 0.5) is 0 Å². The molecule has 1 unspecified atom stereocenters. The van der Waals surface area contributed by atoms with Gasteiger partial charge in [0.2, 0.25) is 0 Å². The van der Waals surface area contributed by atoms with E-state index in [4.69, 9.17) is 21.1 Å². The molecule has 116 valence electrons. The number of carbonyl (C=O) groups excluding carboxylic acids is 1. The number of hydrogen-bond donors (Lipinski definition) is 1. The van der Waals surface area contributed by atoms with Gasteiger partial charge in [-0.3, -0.25) is 4.79 Å². The van der Waals surface area contributed by atoms with Gasteiger partial charge < -0.3 is 19.5 Å². The highest BCUT2D eigenvalue weighted by Crippen LogP contribution is 2.24. The SMILES string of the molecule is CC1(C)CN(C(=O)COc2ccccc2Cl)CC(CO)O1. The van der Waals surface area contributed by atoms with Crippen molar-refractivity contribution in [1.82, 2.24) is 4.90 Å². The number of hydrogen-bond acceptors (Lipinski definition) is 4. The van der Waals surface area contributed by atoms with Crippen LogP contribution in [-0.2, 0) is 9.53 Å². The monoisotopic (exact) mass is 313 g/mol. The van der Waals surface area contributed by atoms with Crippen molar-refractivity contribution in [2.45, 2.75) is 25.6 Å². The second-order valence-corrected chi connectivity index (χ2v) is 6.08. The maximum atomic E-state index is 12.3. The molecule has 0 spiro atoms. The van der Waals surface area contributed by atoms with Gasteiger partial charge in [0.05, 0.1) is 23.3 Å². The van der Waals surface area contributed by atoms with Crippen LogP contribution < -0.4 is 4.74 Å². The van der Waals surface area contributed by atoms with Gasteiger partial charge in [-0.05, 0) is 26.0 Å². The number of halogens is 1. The van der Waals surface area contributed by atoms with E-state index in [9.17, 15) is 9.90 Å². The molecule has 1 aromatic carbocycles. The highest BCUT2D eigenvalue weighted by Gasteiger charge is 2.35. The van der Waals surface area contributed by atoms with Crippen molar-refractivity contribution >= 4 is 17.5 Å². The van der Waals surface area contributed by atoms with Crippen molar-refractivity contribution < 1.29 is 19.4 Å². The normalized spacial score (nSPS) is 21.1. The van der Waals surface area contributed by atoms with E-state index in [1.54, 1.807) is 29.2 Å². The maximum Gasteiger partial charge on any atom is 0.260 e. The van der Waals surface area contributed by atoms with Crippen LogP contribution in [0, 0.1) is 0 Å². The lowest BCUT2D eigenvalue weighted by Crippen LogP contribution is -2.56. The summed E-state index contributed by atoms with van der Waals surface area (Å²) in [6, 6.07) is 7.02. The number of morpholine rings is 1. The van der Waals surface area contributed by atoms with Crippen LogP contribution in [0.15, 0.2) is 24.3 Å². The topological polar surface area (TPSA) is 59.0 Å². The summed E-state index contributed by atoms with van der Waals surface area (Å²) in [5, 5.41) is 9.73. The molecular weight excluding hydrogens is 294 g/mol. The fourth-order valence-electron chi connectivity index (χ4n) is 2.37. The number of aliphatic hydroxyl groups is 1. The van der Waals surface area contributed by atoms with E-state index < -0.39 is 5.60 Å². The van der Waals surface area contributed by atoms with E-state index in [2.05, 4.69) is 0 Å². The van der Waals surface area contributed by atoms with E-state index >= 15 is 0 Å². The third-order valence-electron chi connectivity index (χ3n) is 3.23. The van der Waals surface area contributed by atoms with E-state index in [1.807, 2.05) is 13.8 Å². The highest BCUT2D eigenvalue weighted by atomic mass is 35.5. The molecule has 1 aliphatic heterocycles. The van der Waals surface area contributed by atoms with Gasteiger partial charge in [-0.15, -0.1) is 0 Å². The van der Waals surface area contributed by atoms with Gasteiger partial charge in [-0.25, -0.2) is 0 Å². The highest BCUT2D eigenvalue weighted by molar-refractivity contribution is 6.32. The summed E-state index contributed by atoms with van der Waals surface area (Å²) in [5.74, 6) is 0.337. The first-order chi connectivity index (χ1) is 9.91. The zero-order valence-electron chi connectivity index (χ0n) is 12.2. The standard InChI is InChI=1S/C15H20ClNO4/c1-15(2)10-17(7-11(8-18)21-15)14(19)9-20-13-6-4-3-5-12(13)16/h3-6,11,18H,7-10H2,1-2H3. The predicted octanol–water partition coefficient (Wildman–Crippen LogP) is 1.72. The maximum absolute atomic E-state index is 12.3. The molecule has 21 heavy (non-hydrogen) atoms. The zero-order valence-corrected chi connectivity index (χ0v) is 13.0. The Morgan fingerprint density at radius 2 is 2.24 bits per heavy atom.